The Bertz CT molecular complexity index is 304. The normalized spacial score (nSPS) is 12.5. The fourth-order valence-corrected chi connectivity index (χ4v) is 2.33. The third-order valence-electron chi connectivity index (χ3n) is 3.31. The van der Waals surface area contributed by atoms with Crippen LogP contribution in [0.5, 0.6) is 0 Å². The summed E-state index contributed by atoms with van der Waals surface area (Å²) in [5.74, 6) is 0.313. The molecule has 0 rings (SSSR count). The van der Waals surface area contributed by atoms with Gasteiger partial charge in [0.2, 0.25) is 0 Å². The lowest BCUT2D eigenvalue weighted by atomic mass is 9.94. The molecule has 0 aromatic rings. The molecule has 5 nitrogen and oxygen atoms in total. The van der Waals surface area contributed by atoms with Crippen LogP contribution >= 0.6 is 0 Å². The Kier molecular flexibility index (Phi) is 10.7. The summed E-state index contributed by atoms with van der Waals surface area (Å²) < 4.78 is 0. The Hall–Kier alpha value is -1.26. The van der Waals surface area contributed by atoms with Crippen molar-refractivity contribution in [2.75, 3.05) is 13.1 Å². The number of unbranched alkanes of at least 4 members (excludes halogenated alkanes) is 1. The number of amides is 2. The average molecular weight is 300 g/mol. The van der Waals surface area contributed by atoms with Crippen molar-refractivity contribution in [3.05, 3.63) is 0 Å². The summed E-state index contributed by atoms with van der Waals surface area (Å²) in [6, 6.07) is -0.196. The van der Waals surface area contributed by atoms with Crippen molar-refractivity contribution in [2.24, 2.45) is 17.8 Å². The summed E-state index contributed by atoms with van der Waals surface area (Å²) in [5.41, 5.74) is 0. The fraction of sp³-hybridized carbons (Fsp3) is 0.875. The zero-order valence-electron chi connectivity index (χ0n) is 13.9. The van der Waals surface area contributed by atoms with Crippen LogP contribution in [0.4, 0.5) is 4.79 Å². The van der Waals surface area contributed by atoms with E-state index >= 15 is 0 Å². The molecule has 0 aliphatic carbocycles. The highest BCUT2D eigenvalue weighted by molar-refractivity contribution is 5.74. The van der Waals surface area contributed by atoms with Gasteiger partial charge in [-0.25, -0.2) is 4.79 Å². The SMILES string of the molecule is CC(C)CCCCNC(=O)NC[C@H](CC(=O)O)CC(C)C. The van der Waals surface area contributed by atoms with Gasteiger partial charge in [-0.2, -0.15) is 0 Å². The predicted octanol–water partition coefficient (Wildman–Crippen LogP) is 3.25. The Morgan fingerprint density at radius 3 is 2.19 bits per heavy atom. The minimum absolute atomic E-state index is 0.00538. The Morgan fingerprint density at radius 2 is 1.67 bits per heavy atom. The third kappa shape index (κ3) is 13.5. The first-order valence-corrected chi connectivity index (χ1v) is 8.04. The largest absolute Gasteiger partial charge is 0.481 e. The van der Waals surface area contributed by atoms with Gasteiger partial charge in [0.25, 0.3) is 0 Å². The van der Waals surface area contributed by atoms with Crippen molar-refractivity contribution in [3.8, 4) is 0 Å². The van der Waals surface area contributed by atoms with Crippen LogP contribution in [0.15, 0.2) is 0 Å². The lowest BCUT2D eigenvalue weighted by Gasteiger charge is -2.18. The number of aliphatic carboxylic acids is 1. The molecular formula is C16H32N2O3. The number of carboxylic acid groups (broad SMARTS) is 1. The van der Waals surface area contributed by atoms with Gasteiger partial charge in [0.1, 0.15) is 0 Å². The van der Waals surface area contributed by atoms with E-state index in [-0.39, 0.29) is 18.4 Å². The van der Waals surface area contributed by atoms with Crippen molar-refractivity contribution < 1.29 is 14.7 Å². The van der Waals surface area contributed by atoms with E-state index in [4.69, 9.17) is 5.11 Å². The number of rotatable bonds is 11. The Balaban J connectivity index is 3.83. The van der Waals surface area contributed by atoms with Gasteiger partial charge in [-0.05, 0) is 30.6 Å². The molecule has 0 spiro atoms. The monoisotopic (exact) mass is 300 g/mol. The van der Waals surface area contributed by atoms with Crippen molar-refractivity contribution in [1.29, 1.82) is 0 Å². The first-order chi connectivity index (χ1) is 9.81. The summed E-state index contributed by atoms with van der Waals surface area (Å²) in [6.07, 6.45) is 4.19. The summed E-state index contributed by atoms with van der Waals surface area (Å²) >= 11 is 0. The summed E-state index contributed by atoms with van der Waals surface area (Å²) in [4.78, 5) is 22.5. The summed E-state index contributed by atoms with van der Waals surface area (Å²) in [6.45, 7) is 9.59. The summed E-state index contributed by atoms with van der Waals surface area (Å²) in [7, 11) is 0. The Morgan fingerprint density at radius 1 is 1.00 bits per heavy atom. The highest BCUT2D eigenvalue weighted by Gasteiger charge is 2.15. The number of carbonyl (C=O) groups excluding carboxylic acids is 1. The zero-order valence-corrected chi connectivity index (χ0v) is 13.9. The van der Waals surface area contributed by atoms with E-state index < -0.39 is 5.97 Å². The second kappa shape index (κ2) is 11.4. The van der Waals surface area contributed by atoms with Crippen LogP contribution in [0, 0.1) is 17.8 Å². The van der Waals surface area contributed by atoms with Crippen molar-refractivity contribution in [1.82, 2.24) is 10.6 Å². The van der Waals surface area contributed by atoms with E-state index in [2.05, 4.69) is 38.3 Å². The number of nitrogens with one attached hydrogen (secondary N) is 2. The molecule has 0 saturated heterocycles. The molecule has 1 atom stereocenters. The maximum Gasteiger partial charge on any atom is 0.314 e. The van der Waals surface area contributed by atoms with Gasteiger partial charge in [0.15, 0.2) is 0 Å². The van der Waals surface area contributed by atoms with E-state index in [1.54, 1.807) is 0 Å². The van der Waals surface area contributed by atoms with Crippen LogP contribution in [-0.2, 0) is 4.79 Å². The van der Waals surface area contributed by atoms with Crippen molar-refractivity contribution >= 4 is 12.0 Å². The molecule has 0 aliphatic heterocycles. The van der Waals surface area contributed by atoms with Crippen LogP contribution in [0.25, 0.3) is 0 Å². The van der Waals surface area contributed by atoms with E-state index in [1.165, 1.54) is 6.42 Å². The number of hydrogen-bond donors (Lipinski definition) is 3. The molecule has 21 heavy (non-hydrogen) atoms. The molecule has 0 heterocycles. The standard InChI is InChI=1S/C16H32N2O3/c1-12(2)7-5-6-8-17-16(21)18-11-14(9-13(3)4)10-15(19)20/h12-14H,5-11H2,1-4H3,(H,19,20)(H2,17,18,21)/t14-/m0/s1. The van der Waals surface area contributed by atoms with E-state index in [9.17, 15) is 9.59 Å². The van der Waals surface area contributed by atoms with Gasteiger partial charge in [-0.15, -0.1) is 0 Å². The molecule has 0 aromatic carbocycles. The molecule has 0 bridgehead atoms. The van der Waals surface area contributed by atoms with Crippen LogP contribution < -0.4 is 10.6 Å². The van der Waals surface area contributed by atoms with Gasteiger partial charge in [0, 0.05) is 19.5 Å². The van der Waals surface area contributed by atoms with E-state index in [0.717, 1.165) is 19.3 Å². The fourth-order valence-electron chi connectivity index (χ4n) is 2.33. The van der Waals surface area contributed by atoms with Crippen molar-refractivity contribution in [2.45, 2.75) is 59.8 Å². The second-order valence-corrected chi connectivity index (χ2v) is 6.62. The molecule has 0 unspecified atom stereocenters. The average Bonchev–Trinajstić information content (AvgIpc) is 2.33. The highest BCUT2D eigenvalue weighted by Crippen LogP contribution is 2.14. The molecular weight excluding hydrogens is 268 g/mol. The minimum Gasteiger partial charge on any atom is -0.481 e. The third-order valence-corrected chi connectivity index (χ3v) is 3.31. The summed E-state index contributed by atoms with van der Waals surface area (Å²) in [5, 5.41) is 14.5. The minimum atomic E-state index is -0.809. The van der Waals surface area contributed by atoms with Gasteiger partial charge in [-0.1, -0.05) is 40.5 Å². The van der Waals surface area contributed by atoms with Crippen LogP contribution in [0.1, 0.15) is 59.8 Å². The molecule has 0 aliphatic rings. The molecule has 5 heteroatoms. The van der Waals surface area contributed by atoms with Gasteiger partial charge >= 0.3 is 12.0 Å². The smallest absolute Gasteiger partial charge is 0.314 e. The lowest BCUT2D eigenvalue weighted by Crippen LogP contribution is -2.39. The molecule has 0 radical (unpaired) electrons. The highest BCUT2D eigenvalue weighted by atomic mass is 16.4. The quantitative estimate of drug-likeness (QED) is 0.512. The molecule has 124 valence electrons. The number of hydrogen-bond acceptors (Lipinski definition) is 2. The van der Waals surface area contributed by atoms with Crippen molar-refractivity contribution in [3.63, 3.8) is 0 Å². The van der Waals surface area contributed by atoms with E-state index in [1.807, 2.05) is 0 Å². The topological polar surface area (TPSA) is 78.4 Å². The van der Waals surface area contributed by atoms with Crippen LogP contribution in [0.3, 0.4) is 0 Å². The molecule has 2 amide bonds. The number of carbonyl (C=O) groups is 2. The van der Waals surface area contributed by atoms with Gasteiger partial charge in [0.05, 0.1) is 0 Å². The first-order valence-electron chi connectivity index (χ1n) is 8.04. The maximum absolute atomic E-state index is 11.6. The number of urea groups is 1. The van der Waals surface area contributed by atoms with Gasteiger partial charge < -0.3 is 15.7 Å². The second-order valence-electron chi connectivity index (χ2n) is 6.62. The molecule has 0 fully saturated rings. The van der Waals surface area contributed by atoms with Crippen LogP contribution in [0.2, 0.25) is 0 Å². The Labute approximate surface area is 128 Å². The molecule has 0 aromatic heterocycles. The lowest BCUT2D eigenvalue weighted by molar-refractivity contribution is -0.138. The molecule has 3 N–H and O–H groups in total. The van der Waals surface area contributed by atoms with Crippen LogP contribution in [-0.4, -0.2) is 30.2 Å². The molecule has 0 saturated carbocycles. The number of carboxylic acids is 1. The first kappa shape index (κ1) is 19.7. The maximum atomic E-state index is 11.6. The van der Waals surface area contributed by atoms with E-state index in [0.29, 0.717) is 24.9 Å². The zero-order chi connectivity index (χ0) is 16.3. The van der Waals surface area contributed by atoms with Gasteiger partial charge in [-0.3, -0.25) is 4.79 Å². The predicted molar refractivity (Wildman–Crippen MR) is 85.3 cm³/mol.